The standard InChI is InChI=1S/C28H39N5O2/c1-18(2)17-33-19(3)30-25-26(33)23-9-8-22(16-24(23)31-27(25)29)35-15-12-20-10-13-32(14-11-20)28(34)21-6-4-5-7-21/h8-9,16,18,20-21H,4-7,10-15,17H2,1-3H3,(H2,29,31). The third-order valence-corrected chi connectivity index (χ3v) is 7.84. The molecule has 2 fully saturated rings. The quantitative estimate of drug-likeness (QED) is 0.497. The molecule has 1 aromatic carbocycles. The summed E-state index contributed by atoms with van der Waals surface area (Å²) in [5, 5.41) is 1.06. The normalized spacial score (nSPS) is 17.8. The van der Waals surface area contributed by atoms with Crippen LogP contribution in [0.3, 0.4) is 0 Å². The van der Waals surface area contributed by atoms with E-state index in [-0.39, 0.29) is 0 Å². The second-order valence-electron chi connectivity index (χ2n) is 10.9. The van der Waals surface area contributed by atoms with E-state index in [2.05, 4.69) is 34.4 Å². The summed E-state index contributed by atoms with van der Waals surface area (Å²) in [7, 11) is 0. The Morgan fingerprint density at radius 1 is 1.14 bits per heavy atom. The molecule has 1 amide bonds. The number of piperidine rings is 1. The molecule has 2 N–H and O–H groups in total. The van der Waals surface area contributed by atoms with Gasteiger partial charge in [0.15, 0.2) is 5.82 Å². The van der Waals surface area contributed by atoms with Crippen molar-refractivity contribution in [3.8, 4) is 5.75 Å². The van der Waals surface area contributed by atoms with Gasteiger partial charge < -0.3 is 19.9 Å². The van der Waals surface area contributed by atoms with Gasteiger partial charge in [-0.25, -0.2) is 9.97 Å². The number of nitrogens with zero attached hydrogens (tertiary/aromatic N) is 4. The van der Waals surface area contributed by atoms with Crippen LogP contribution >= 0.6 is 0 Å². The van der Waals surface area contributed by atoms with E-state index < -0.39 is 0 Å². The SMILES string of the molecule is Cc1nc2c(N)nc3cc(OCCC4CCN(C(=O)C5CCCC5)CC4)ccc3c2n1CC(C)C. The minimum absolute atomic E-state index is 0.291. The molecule has 7 nitrogen and oxygen atoms in total. The molecule has 188 valence electrons. The zero-order chi connectivity index (χ0) is 24.5. The summed E-state index contributed by atoms with van der Waals surface area (Å²) >= 11 is 0. The summed E-state index contributed by atoms with van der Waals surface area (Å²) in [4.78, 5) is 24.1. The molecule has 3 aromatic rings. The number of imidazole rings is 1. The van der Waals surface area contributed by atoms with Crippen LogP contribution in [0.5, 0.6) is 5.75 Å². The fourth-order valence-corrected chi connectivity index (χ4v) is 5.90. The zero-order valence-corrected chi connectivity index (χ0v) is 21.4. The third-order valence-electron chi connectivity index (χ3n) is 7.84. The third kappa shape index (κ3) is 4.95. The number of likely N-dealkylation sites (tertiary alicyclic amines) is 1. The van der Waals surface area contributed by atoms with Crippen molar-refractivity contribution in [1.82, 2.24) is 19.4 Å². The first-order chi connectivity index (χ1) is 16.9. The summed E-state index contributed by atoms with van der Waals surface area (Å²) in [5.41, 5.74) is 8.98. The number of carbonyl (C=O) groups is 1. The lowest BCUT2D eigenvalue weighted by atomic mass is 9.93. The van der Waals surface area contributed by atoms with Gasteiger partial charge in [0, 0.05) is 37.0 Å². The number of ether oxygens (including phenoxy) is 1. The minimum atomic E-state index is 0.291. The molecule has 1 saturated heterocycles. The van der Waals surface area contributed by atoms with E-state index in [1.54, 1.807) is 0 Å². The van der Waals surface area contributed by atoms with Gasteiger partial charge in [-0.2, -0.15) is 0 Å². The number of pyridine rings is 1. The van der Waals surface area contributed by atoms with Gasteiger partial charge in [0.25, 0.3) is 0 Å². The number of anilines is 1. The highest BCUT2D eigenvalue weighted by Gasteiger charge is 2.30. The van der Waals surface area contributed by atoms with Crippen LogP contribution in [0.25, 0.3) is 21.9 Å². The van der Waals surface area contributed by atoms with Crippen LogP contribution in [-0.4, -0.2) is 45.0 Å². The van der Waals surface area contributed by atoms with Crippen LogP contribution in [0.2, 0.25) is 0 Å². The van der Waals surface area contributed by atoms with Gasteiger partial charge in [-0.1, -0.05) is 26.7 Å². The number of aryl methyl sites for hydroxylation is 1. The number of amides is 1. The van der Waals surface area contributed by atoms with Crippen molar-refractivity contribution in [2.75, 3.05) is 25.4 Å². The first kappa shape index (κ1) is 23.9. The molecule has 0 spiro atoms. The highest BCUT2D eigenvalue weighted by atomic mass is 16.5. The molecular weight excluding hydrogens is 438 g/mol. The number of rotatable bonds is 7. The van der Waals surface area contributed by atoms with Crippen LogP contribution in [0.4, 0.5) is 5.82 Å². The number of carbonyl (C=O) groups excluding carboxylic acids is 1. The topological polar surface area (TPSA) is 86.3 Å². The smallest absolute Gasteiger partial charge is 0.225 e. The van der Waals surface area contributed by atoms with E-state index >= 15 is 0 Å². The van der Waals surface area contributed by atoms with Crippen molar-refractivity contribution in [2.24, 2.45) is 17.8 Å². The molecule has 0 unspecified atom stereocenters. The molecule has 2 aliphatic rings. The maximum atomic E-state index is 12.7. The number of hydrogen-bond donors (Lipinski definition) is 1. The second kappa shape index (κ2) is 10.0. The molecule has 3 heterocycles. The van der Waals surface area contributed by atoms with Crippen LogP contribution in [0, 0.1) is 24.7 Å². The van der Waals surface area contributed by atoms with Gasteiger partial charge in [0.05, 0.1) is 17.6 Å². The number of nitrogen functional groups attached to an aromatic ring is 1. The lowest BCUT2D eigenvalue weighted by Crippen LogP contribution is -2.41. The Balaban J connectivity index is 1.21. The number of benzene rings is 1. The Morgan fingerprint density at radius 2 is 1.89 bits per heavy atom. The van der Waals surface area contributed by atoms with E-state index in [9.17, 15) is 4.79 Å². The van der Waals surface area contributed by atoms with E-state index in [0.717, 1.165) is 85.2 Å². The highest BCUT2D eigenvalue weighted by molar-refractivity contribution is 6.06. The van der Waals surface area contributed by atoms with Crippen molar-refractivity contribution in [3.63, 3.8) is 0 Å². The van der Waals surface area contributed by atoms with Crippen molar-refractivity contribution in [1.29, 1.82) is 0 Å². The molecule has 1 aliphatic heterocycles. The predicted molar refractivity (Wildman–Crippen MR) is 140 cm³/mol. The van der Waals surface area contributed by atoms with E-state index in [1.807, 2.05) is 19.1 Å². The van der Waals surface area contributed by atoms with Gasteiger partial charge in [-0.3, -0.25) is 4.79 Å². The average molecular weight is 478 g/mol. The maximum Gasteiger partial charge on any atom is 0.225 e. The average Bonchev–Trinajstić information content (AvgIpc) is 3.48. The minimum Gasteiger partial charge on any atom is -0.494 e. The van der Waals surface area contributed by atoms with Crippen molar-refractivity contribution >= 4 is 33.7 Å². The number of aromatic nitrogens is 3. The summed E-state index contributed by atoms with van der Waals surface area (Å²) in [5.74, 6) is 4.07. The molecule has 0 radical (unpaired) electrons. The Kier molecular flexibility index (Phi) is 6.85. The summed E-state index contributed by atoms with van der Waals surface area (Å²) in [6.45, 7) is 9.82. The summed E-state index contributed by atoms with van der Waals surface area (Å²) in [6.07, 6.45) is 7.77. The van der Waals surface area contributed by atoms with Crippen molar-refractivity contribution in [2.45, 2.75) is 72.3 Å². The van der Waals surface area contributed by atoms with Crippen LogP contribution in [0.15, 0.2) is 18.2 Å². The molecule has 2 aromatic heterocycles. The fraction of sp³-hybridized carbons (Fsp3) is 0.607. The van der Waals surface area contributed by atoms with Gasteiger partial charge in [-0.05, 0) is 63.0 Å². The van der Waals surface area contributed by atoms with Gasteiger partial charge in [-0.15, -0.1) is 0 Å². The molecule has 0 bridgehead atoms. The Hall–Kier alpha value is -2.83. The fourth-order valence-electron chi connectivity index (χ4n) is 5.90. The first-order valence-electron chi connectivity index (χ1n) is 13.4. The lowest BCUT2D eigenvalue weighted by Gasteiger charge is -2.33. The predicted octanol–water partition coefficient (Wildman–Crippen LogP) is 5.33. The Labute approximate surface area is 208 Å². The number of fused-ring (bicyclic) bond motifs is 3. The zero-order valence-electron chi connectivity index (χ0n) is 21.4. The maximum absolute atomic E-state index is 12.7. The van der Waals surface area contributed by atoms with Crippen LogP contribution < -0.4 is 10.5 Å². The summed E-state index contributed by atoms with van der Waals surface area (Å²) < 4.78 is 8.40. The lowest BCUT2D eigenvalue weighted by molar-refractivity contribution is -0.136. The van der Waals surface area contributed by atoms with E-state index in [4.69, 9.17) is 15.5 Å². The monoisotopic (exact) mass is 477 g/mol. The van der Waals surface area contributed by atoms with Gasteiger partial charge in [0.2, 0.25) is 5.91 Å². The number of nitrogens with two attached hydrogens (primary N) is 1. The molecule has 1 aliphatic carbocycles. The van der Waals surface area contributed by atoms with Crippen molar-refractivity contribution in [3.05, 3.63) is 24.0 Å². The Bertz CT molecular complexity index is 1200. The molecule has 5 rings (SSSR count). The van der Waals surface area contributed by atoms with E-state index in [0.29, 0.717) is 36.1 Å². The van der Waals surface area contributed by atoms with Crippen LogP contribution in [0.1, 0.15) is 64.6 Å². The molecule has 7 heteroatoms. The highest BCUT2D eigenvalue weighted by Crippen LogP contribution is 2.32. The van der Waals surface area contributed by atoms with E-state index in [1.165, 1.54) is 12.8 Å². The van der Waals surface area contributed by atoms with Crippen LogP contribution in [-0.2, 0) is 11.3 Å². The van der Waals surface area contributed by atoms with Crippen molar-refractivity contribution < 1.29 is 9.53 Å². The molecule has 35 heavy (non-hydrogen) atoms. The largest absolute Gasteiger partial charge is 0.494 e. The summed E-state index contributed by atoms with van der Waals surface area (Å²) in [6, 6.07) is 6.12. The first-order valence-corrected chi connectivity index (χ1v) is 13.4. The van der Waals surface area contributed by atoms with Gasteiger partial charge in [0.1, 0.15) is 17.1 Å². The second-order valence-corrected chi connectivity index (χ2v) is 10.9. The van der Waals surface area contributed by atoms with Gasteiger partial charge >= 0.3 is 0 Å². The number of hydrogen-bond acceptors (Lipinski definition) is 5. The molecule has 1 saturated carbocycles. The molecule has 0 atom stereocenters. The molecular formula is C28H39N5O2. The Morgan fingerprint density at radius 3 is 2.60 bits per heavy atom.